The van der Waals surface area contributed by atoms with E-state index in [1.807, 2.05) is 0 Å². The summed E-state index contributed by atoms with van der Waals surface area (Å²) in [7, 11) is 1.31. The van der Waals surface area contributed by atoms with Crippen LogP contribution in [0.1, 0.15) is 38.1 Å². The standard InChI is InChI=1S/C18H26N4O4/c1-12(2)9-21(10-13(3)4)17(23)11-26-22-16-8-14(18(24)25-5)6-7-15(16)19-20-22/h6-8,12-13H,9-11H2,1-5H3. The van der Waals surface area contributed by atoms with Gasteiger partial charge >= 0.3 is 5.97 Å². The molecule has 0 aliphatic carbocycles. The maximum absolute atomic E-state index is 12.5. The van der Waals surface area contributed by atoms with Crippen molar-refractivity contribution in [3.05, 3.63) is 23.8 Å². The lowest BCUT2D eigenvalue weighted by atomic mass is 10.1. The van der Waals surface area contributed by atoms with Gasteiger partial charge in [0.1, 0.15) is 11.0 Å². The number of aromatic nitrogens is 3. The van der Waals surface area contributed by atoms with E-state index in [4.69, 9.17) is 9.57 Å². The van der Waals surface area contributed by atoms with E-state index in [-0.39, 0.29) is 12.5 Å². The fraction of sp³-hybridized carbons (Fsp3) is 0.556. The Bertz CT molecular complexity index is 760. The molecule has 1 aromatic heterocycles. The van der Waals surface area contributed by atoms with Gasteiger partial charge in [-0.1, -0.05) is 32.5 Å². The van der Waals surface area contributed by atoms with Gasteiger partial charge in [-0.15, -0.1) is 5.10 Å². The molecular weight excluding hydrogens is 336 g/mol. The second-order valence-electron chi connectivity index (χ2n) is 7.02. The molecule has 8 heteroatoms. The number of benzene rings is 1. The molecule has 0 N–H and O–H groups in total. The molecule has 0 aliphatic rings. The molecule has 142 valence electrons. The zero-order valence-electron chi connectivity index (χ0n) is 15.9. The van der Waals surface area contributed by atoms with Gasteiger partial charge in [0.15, 0.2) is 6.61 Å². The predicted molar refractivity (Wildman–Crippen MR) is 96.6 cm³/mol. The number of rotatable bonds is 8. The van der Waals surface area contributed by atoms with Crippen molar-refractivity contribution in [3.63, 3.8) is 0 Å². The number of carbonyl (C=O) groups excluding carboxylic acids is 2. The van der Waals surface area contributed by atoms with Crippen LogP contribution in [-0.2, 0) is 9.53 Å². The minimum absolute atomic E-state index is 0.111. The first-order valence-corrected chi connectivity index (χ1v) is 8.66. The van der Waals surface area contributed by atoms with Crippen LogP contribution in [0.5, 0.6) is 0 Å². The van der Waals surface area contributed by atoms with E-state index in [9.17, 15) is 9.59 Å². The molecule has 0 radical (unpaired) electrons. The lowest BCUT2D eigenvalue weighted by Gasteiger charge is -2.26. The predicted octanol–water partition coefficient (Wildman–Crippen LogP) is 1.79. The van der Waals surface area contributed by atoms with E-state index >= 15 is 0 Å². The second kappa shape index (κ2) is 8.64. The van der Waals surface area contributed by atoms with E-state index in [1.54, 1.807) is 23.1 Å². The van der Waals surface area contributed by atoms with Gasteiger partial charge in [-0.3, -0.25) is 4.79 Å². The quantitative estimate of drug-likeness (QED) is 0.666. The Balaban J connectivity index is 2.12. The minimum Gasteiger partial charge on any atom is -0.465 e. The number of esters is 1. The Morgan fingerprint density at radius 3 is 2.38 bits per heavy atom. The smallest absolute Gasteiger partial charge is 0.337 e. The van der Waals surface area contributed by atoms with Crippen molar-refractivity contribution in [3.8, 4) is 0 Å². The minimum atomic E-state index is -0.462. The number of amides is 1. The van der Waals surface area contributed by atoms with Crippen LogP contribution >= 0.6 is 0 Å². The molecule has 1 aromatic carbocycles. The van der Waals surface area contributed by atoms with Crippen molar-refractivity contribution < 1.29 is 19.2 Å². The molecule has 0 saturated carbocycles. The molecule has 26 heavy (non-hydrogen) atoms. The Hall–Kier alpha value is -2.64. The van der Waals surface area contributed by atoms with Gasteiger partial charge in [-0.05, 0) is 35.2 Å². The molecule has 0 atom stereocenters. The highest BCUT2D eigenvalue weighted by Crippen LogP contribution is 2.13. The van der Waals surface area contributed by atoms with Crippen LogP contribution < -0.4 is 4.84 Å². The van der Waals surface area contributed by atoms with Gasteiger partial charge in [0.05, 0.1) is 12.7 Å². The number of methoxy groups -OCH3 is 1. The summed E-state index contributed by atoms with van der Waals surface area (Å²) in [6.45, 7) is 9.47. The monoisotopic (exact) mass is 362 g/mol. The van der Waals surface area contributed by atoms with Gasteiger partial charge in [-0.25, -0.2) is 4.79 Å². The molecule has 0 fully saturated rings. The number of hydrogen-bond acceptors (Lipinski definition) is 6. The molecular formula is C18H26N4O4. The number of ether oxygens (including phenoxy) is 1. The molecule has 0 aliphatic heterocycles. The van der Waals surface area contributed by atoms with Crippen LogP contribution in [0.3, 0.4) is 0 Å². The Morgan fingerprint density at radius 2 is 1.81 bits per heavy atom. The Labute approximate surface area is 153 Å². The van der Waals surface area contributed by atoms with E-state index in [1.165, 1.54) is 12.0 Å². The number of carbonyl (C=O) groups is 2. The summed E-state index contributed by atoms with van der Waals surface area (Å²) in [5.74, 6) is 0.163. The average Bonchev–Trinajstić information content (AvgIpc) is 2.99. The van der Waals surface area contributed by atoms with Crippen LogP contribution in [0.15, 0.2) is 18.2 Å². The summed E-state index contributed by atoms with van der Waals surface area (Å²) < 4.78 is 4.71. The summed E-state index contributed by atoms with van der Waals surface area (Å²) in [5, 5.41) is 7.87. The summed E-state index contributed by atoms with van der Waals surface area (Å²) in [5.41, 5.74) is 1.42. The fourth-order valence-corrected chi connectivity index (χ4v) is 2.61. The molecule has 1 heterocycles. The third kappa shape index (κ3) is 4.93. The zero-order chi connectivity index (χ0) is 19.3. The van der Waals surface area contributed by atoms with Crippen molar-refractivity contribution in [1.29, 1.82) is 0 Å². The van der Waals surface area contributed by atoms with Crippen LogP contribution in [0.2, 0.25) is 0 Å². The lowest BCUT2D eigenvalue weighted by Crippen LogP contribution is -2.41. The van der Waals surface area contributed by atoms with Crippen LogP contribution in [0.25, 0.3) is 11.0 Å². The van der Waals surface area contributed by atoms with Crippen molar-refractivity contribution >= 4 is 22.9 Å². The van der Waals surface area contributed by atoms with Crippen molar-refractivity contribution in [2.45, 2.75) is 27.7 Å². The molecule has 0 bridgehead atoms. The SMILES string of the molecule is COC(=O)c1ccc2nnn(OCC(=O)N(CC(C)C)CC(C)C)c2c1. The number of nitrogens with zero attached hydrogens (tertiary/aromatic N) is 4. The first-order valence-electron chi connectivity index (χ1n) is 8.66. The normalized spacial score (nSPS) is 11.2. The van der Waals surface area contributed by atoms with E-state index in [2.05, 4.69) is 38.0 Å². The topological polar surface area (TPSA) is 86.5 Å². The number of hydrogen-bond donors (Lipinski definition) is 0. The van der Waals surface area contributed by atoms with Crippen LogP contribution in [0.4, 0.5) is 0 Å². The molecule has 0 spiro atoms. The Morgan fingerprint density at radius 1 is 1.15 bits per heavy atom. The lowest BCUT2D eigenvalue weighted by molar-refractivity contribution is -0.137. The summed E-state index contributed by atoms with van der Waals surface area (Å²) in [6, 6.07) is 4.83. The van der Waals surface area contributed by atoms with E-state index < -0.39 is 5.97 Å². The van der Waals surface area contributed by atoms with Gasteiger partial charge in [0.2, 0.25) is 0 Å². The van der Waals surface area contributed by atoms with Gasteiger partial charge in [0, 0.05) is 13.1 Å². The average molecular weight is 362 g/mol. The molecule has 0 saturated heterocycles. The Kier molecular flexibility index (Phi) is 6.54. The van der Waals surface area contributed by atoms with Crippen molar-refractivity contribution in [2.75, 3.05) is 26.8 Å². The highest BCUT2D eigenvalue weighted by atomic mass is 16.7. The highest BCUT2D eigenvalue weighted by Gasteiger charge is 2.18. The summed E-state index contributed by atoms with van der Waals surface area (Å²) in [4.78, 5) is 32.7. The number of fused-ring (bicyclic) bond motifs is 1. The van der Waals surface area contributed by atoms with Crippen LogP contribution in [-0.4, -0.2) is 58.7 Å². The van der Waals surface area contributed by atoms with Gasteiger partial charge in [-0.2, -0.15) is 0 Å². The fourth-order valence-electron chi connectivity index (χ4n) is 2.61. The maximum Gasteiger partial charge on any atom is 0.337 e. The molecule has 2 rings (SSSR count). The third-order valence-electron chi connectivity index (χ3n) is 3.67. The summed E-state index contributed by atoms with van der Waals surface area (Å²) in [6.07, 6.45) is 0. The van der Waals surface area contributed by atoms with E-state index in [0.29, 0.717) is 41.5 Å². The second-order valence-corrected chi connectivity index (χ2v) is 7.02. The van der Waals surface area contributed by atoms with Crippen molar-refractivity contribution in [2.24, 2.45) is 11.8 Å². The zero-order valence-corrected chi connectivity index (χ0v) is 15.9. The molecule has 2 aromatic rings. The first kappa shape index (κ1) is 19.7. The van der Waals surface area contributed by atoms with Gasteiger partial charge < -0.3 is 14.5 Å². The molecule has 0 unspecified atom stereocenters. The van der Waals surface area contributed by atoms with Crippen molar-refractivity contribution in [1.82, 2.24) is 20.1 Å². The summed E-state index contributed by atoms with van der Waals surface area (Å²) >= 11 is 0. The highest BCUT2D eigenvalue weighted by molar-refractivity contribution is 5.93. The van der Waals surface area contributed by atoms with E-state index in [0.717, 1.165) is 0 Å². The van der Waals surface area contributed by atoms with Gasteiger partial charge in [0.25, 0.3) is 5.91 Å². The maximum atomic E-state index is 12.5. The first-order chi connectivity index (χ1) is 12.3. The van der Waals surface area contributed by atoms with Crippen LogP contribution in [0, 0.1) is 11.8 Å². The molecule has 1 amide bonds. The largest absolute Gasteiger partial charge is 0.465 e. The third-order valence-corrected chi connectivity index (χ3v) is 3.67. The molecule has 8 nitrogen and oxygen atoms in total.